The highest BCUT2D eigenvalue weighted by Gasteiger charge is 2.38. The minimum Gasteiger partial charge on any atom is -0.331 e. The van der Waals surface area contributed by atoms with Gasteiger partial charge in [0.05, 0.1) is 18.3 Å². The van der Waals surface area contributed by atoms with Crippen LogP contribution in [0.3, 0.4) is 0 Å². The molecule has 2 atom stereocenters. The maximum Gasteiger partial charge on any atom is 0.236 e. The van der Waals surface area contributed by atoms with E-state index in [0.717, 1.165) is 23.8 Å². The minimum absolute atomic E-state index is 0.0203. The van der Waals surface area contributed by atoms with Crippen molar-refractivity contribution in [3.8, 4) is 11.3 Å². The number of halogens is 3. The predicted molar refractivity (Wildman–Crippen MR) is 135 cm³/mol. The van der Waals surface area contributed by atoms with Gasteiger partial charge in [-0.3, -0.25) is 4.79 Å². The third kappa shape index (κ3) is 6.53. The van der Waals surface area contributed by atoms with E-state index in [4.69, 9.17) is 16.5 Å². The molecule has 1 heterocycles. The van der Waals surface area contributed by atoms with E-state index in [-0.39, 0.29) is 36.7 Å². The van der Waals surface area contributed by atoms with Crippen LogP contribution in [-0.2, 0) is 11.3 Å². The number of benzene rings is 2. The van der Waals surface area contributed by atoms with Crippen LogP contribution in [0, 0.1) is 17.0 Å². The molecule has 1 amide bonds. The SMILES string of the molecule is CC(C)(C)[C@H](c1nc(-c2cc(F)ccc2F)cn1Cc1ccccc1)N(CC[C@H](N)CF)C(=O)CN. The molecule has 3 aromatic rings. The van der Waals surface area contributed by atoms with Crippen LogP contribution in [0.2, 0.25) is 0 Å². The third-order valence-electron chi connectivity index (χ3n) is 6.02. The fraction of sp³-hybridized carbons (Fsp3) is 0.407. The summed E-state index contributed by atoms with van der Waals surface area (Å²) in [5.41, 5.74) is 12.3. The van der Waals surface area contributed by atoms with Gasteiger partial charge in [0.25, 0.3) is 0 Å². The first-order chi connectivity index (χ1) is 17.0. The van der Waals surface area contributed by atoms with Crippen molar-refractivity contribution in [2.45, 2.75) is 45.8 Å². The van der Waals surface area contributed by atoms with Gasteiger partial charge in [-0.15, -0.1) is 0 Å². The first-order valence-electron chi connectivity index (χ1n) is 11.9. The molecule has 0 saturated carbocycles. The van der Waals surface area contributed by atoms with Crippen LogP contribution in [0.25, 0.3) is 11.3 Å². The molecule has 1 aromatic heterocycles. The molecule has 6 nitrogen and oxygen atoms in total. The summed E-state index contributed by atoms with van der Waals surface area (Å²) in [5.74, 6) is -1.05. The predicted octanol–water partition coefficient (Wildman–Crippen LogP) is 4.44. The van der Waals surface area contributed by atoms with Crippen molar-refractivity contribution in [2.24, 2.45) is 16.9 Å². The molecule has 0 unspecified atom stereocenters. The molecule has 194 valence electrons. The zero-order valence-corrected chi connectivity index (χ0v) is 20.9. The van der Waals surface area contributed by atoms with Gasteiger partial charge in [0, 0.05) is 30.9 Å². The van der Waals surface area contributed by atoms with Crippen molar-refractivity contribution in [1.29, 1.82) is 0 Å². The molecule has 0 fully saturated rings. The van der Waals surface area contributed by atoms with Crippen LogP contribution in [0.15, 0.2) is 54.7 Å². The normalized spacial score (nSPS) is 13.4. The van der Waals surface area contributed by atoms with E-state index in [1.165, 1.54) is 0 Å². The Morgan fingerprint density at radius 1 is 1.14 bits per heavy atom. The summed E-state index contributed by atoms with van der Waals surface area (Å²) in [6.45, 7) is 5.46. The summed E-state index contributed by atoms with van der Waals surface area (Å²) in [5, 5.41) is 0. The van der Waals surface area contributed by atoms with Gasteiger partial charge in [-0.2, -0.15) is 0 Å². The fourth-order valence-electron chi connectivity index (χ4n) is 4.27. The monoisotopic (exact) mass is 501 g/mol. The number of alkyl halides is 1. The van der Waals surface area contributed by atoms with E-state index in [0.29, 0.717) is 12.4 Å². The summed E-state index contributed by atoms with van der Waals surface area (Å²) in [6, 6.07) is 11.5. The van der Waals surface area contributed by atoms with Crippen molar-refractivity contribution in [3.05, 3.63) is 77.8 Å². The average molecular weight is 502 g/mol. The Labute approximate surface area is 210 Å². The lowest BCUT2D eigenvalue weighted by molar-refractivity contribution is -0.135. The molecule has 3 rings (SSSR count). The van der Waals surface area contributed by atoms with Crippen LogP contribution >= 0.6 is 0 Å². The number of carbonyl (C=O) groups is 1. The van der Waals surface area contributed by atoms with Gasteiger partial charge >= 0.3 is 0 Å². The van der Waals surface area contributed by atoms with Crippen LogP contribution in [0.5, 0.6) is 0 Å². The van der Waals surface area contributed by atoms with Crippen LogP contribution in [0.4, 0.5) is 13.2 Å². The molecule has 2 aromatic carbocycles. The number of nitrogens with zero attached hydrogens (tertiary/aromatic N) is 3. The quantitative estimate of drug-likeness (QED) is 0.430. The number of hydrogen-bond donors (Lipinski definition) is 2. The molecule has 9 heteroatoms. The molecule has 4 N–H and O–H groups in total. The van der Waals surface area contributed by atoms with E-state index < -0.39 is 35.8 Å². The molecular weight excluding hydrogens is 467 g/mol. The van der Waals surface area contributed by atoms with Gasteiger partial charge in [0.15, 0.2) is 0 Å². The zero-order valence-electron chi connectivity index (χ0n) is 20.9. The number of aromatic nitrogens is 2. The number of nitrogens with two attached hydrogens (primary N) is 2. The highest BCUT2D eigenvalue weighted by molar-refractivity contribution is 5.78. The minimum atomic E-state index is -0.722. The van der Waals surface area contributed by atoms with E-state index >= 15 is 0 Å². The maximum absolute atomic E-state index is 14.7. The number of imidazole rings is 1. The van der Waals surface area contributed by atoms with Gasteiger partial charge in [0.1, 0.15) is 24.1 Å². The number of carbonyl (C=O) groups excluding carboxylic acids is 1. The van der Waals surface area contributed by atoms with Gasteiger partial charge in [-0.1, -0.05) is 51.1 Å². The number of rotatable bonds is 10. The van der Waals surface area contributed by atoms with Crippen molar-refractivity contribution >= 4 is 5.91 Å². The Hall–Kier alpha value is -3.17. The molecule has 36 heavy (non-hydrogen) atoms. The highest BCUT2D eigenvalue weighted by atomic mass is 19.1. The Morgan fingerprint density at radius 3 is 2.44 bits per heavy atom. The molecule has 0 aliphatic carbocycles. The lowest BCUT2D eigenvalue weighted by Crippen LogP contribution is -2.46. The number of amides is 1. The Bertz CT molecular complexity index is 1160. The molecule has 0 saturated heterocycles. The molecule has 0 radical (unpaired) electrons. The van der Waals surface area contributed by atoms with E-state index in [1.807, 2.05) is 55.7 Å². The zero-order chi connectivity index (χ0) is 26.5. The molecule has 0 bridgehead atoms. The average Bonchev–Trinajstić information content (AvgIpc) is 3.24. The first kappa shape index (κ1) is 27.4. The fourth-order valence-corrected chi connectivity index (χ4v) is 4.27. The lowest BCUT2D eigenvalue weighted by atomic mass is 9.84. The summed E-state index contributed by atoms with van der Waals surface area (Å²) in [7, 11) is 0. The summed E-state index contributed by atoms with van der Waals surface area (Å²) in [6.07, 6.45) is 1.90. The van der Waals surface area contributed by atoms with E-state index in [9.17, 15) is 18.0 Å². The number of hydrogen-bond acceptors (Lipinski definition) is 4. The van der Waals surface area contributed by atoms with Gasteiger partial charge in [-0.05, 0) is 35.6 Å². The molecule has 0 spiro atoms. The largest absolute Gasteiger partial charge is 0.331 e. The Morgan fingerprint density at radius 2 is 1.83 bits per heavy atom. The smallest absolute Gasteiger partial charge is 0.236 e. The Balaban J connectivity index is 2.18. The molecule has 0 aliphatic rings. The van der Waals surface area contributed by atoms with E-state index in [2.05, 4.69) is 0 Å². The van der Waals surface area contributed by atoms with Crippen molar-refractivity contribution in [3.63, 3.8) is 0 Å². The lowest BCUT2D eigenvalue weighted by Gasteiger charge is -2.40. The molecule has 0 aliphatic heterocycles. The Kier molecular flexibility index (Phi) is 8.92. The second-order valence-corrected chi connectivity index (χ2v) is 9.98. The van der Waals surface area contributed by atoms with Gasteiger partial charge in [-0.25, -0.2) is 18.2 Å². The summed E-state index contributed by atoms with van der Waals surface area (Å²) < 4.78 is 43.7. The maximum atomic E-state index is 14.7. The summed E-state index contributed by atoms with van der Waals surface area (Å²) >= 11 is 0. The summed E-state index contributed by atoms with van der Waals surface area (Å²) in [4.78, 5) is 19.4. The van der Waals surface area contributed by atoms with Crippen LogP contribution in [0.1, 0.15) is 44.6 Å². The second-order valence-electron chi connectivity index (χ2n) is 9.98. The van der Waals surface area contributed by atoms with Crippen molar-refractivity contribution in [2.75, 3.05) is 19.8 Å². The third-order valence-corrected chi connectivity index (χ3v) is 6.02. The van der Waals surface area contributed by atoms with Crippen LogP contribution < -0.4 is 11.5 Å². The first-order valence-corrected chi connectivity index (χ1v) is 11.9. The van der Waals surface area contributed by atoms with Crippen molar-refractivity contribution < 1.29 is 18.0 Å². The molecular formula is C27H34F3N5O. The van der Waals surface area contributed by atoms with Crippen molar-refractivity contribution in [1.82, 2.24) is 14.5 Å². The van der Waals surface area contributed by atoms with Gasteiger partial charge < -0.3 is 20.9 Å². The second kappa shape index (κ2) is 11.7. The van der Waals surface area contributed by atoms with Gasteiger partial charge in [0.2, 0.25) is 5.91 Å². The van der Waals surface area contributed by atoms with E-state index in [1.54, 1.807) is 11.1 Å². The highest BCUT2D eigenvalue weighted by Crippen LogP contribution is 2.39. The standard InChI is InChI=1S/C27H34F3N5O/c1-27(2,3)25(35(24(36)15-31)12-11-20(32)14-28)26-33-23(21-13-19(29)9-10-22(21)30)17-34(26)16-18-7-5-4-6-8-18/h4-10,13,17,20,25H,11-12,14-16,31-32H2,1-3H3/t20-,25-/m0/s1. The topological polar surface area (TPSA) is 90.2 Å². The van der Waals surface area contributed by atoms with Crippen LogP contribution in [-0.4, -0.2) is 46.2 Å².